The largest absolute Gasteiger partial charge is 0.393 e. The van der Waals surface area contributed by atoms with Gasteiger partial charge in [-0.05, 0) is 93.1 Å². The topological polar surface area (TPSA) is 60.7 Å². The zero-order valence-electron chi connectivity index (χ0n) is 19.7. The summed E-state index contributed by atoms with van der Waals surface area (Å²) < 4.78 is 0. The van der Waals surface area contributed by atoms with E-state index in [9.17, 15) is 15.3 Å². The summed E-state index contributed by atoms with van der Waals surface area (Å²) >= 11 is 0. The third-order valence-electron chi connectivity index (χ3n) is 8.44. The van der Waals surface area contributed by atoms with E-state index >= 15 is 0 Å². The van der Waals surface area contributed by atoms with E-state index in [-0.39, 0.29) is 0 Å². The molecule has 0 aliphatic heterocycles. The fraction of sp³-hybridized carbons (Fsp3) is 0.778. The first-order valence-electron chi connectivity index (χ1n) is 12.2. The molecule has 3 nitrogen and oxygen atoms in total. The first kappa shape index (κ1) is 23.8. The molecule has 0 amide bonds. The molecule has 6 atom stereocenters. The van der Waals surface area contributed by atoms with Crippen LogP contribution in [0.3, 0.4) is 0 Å². The van der Waals surface area contributed by atoms with Gasteiger partial charge in [0.05, 0.1) is 17.8 Å². The molecule has 0 bridgehead atoms. The van der Waals surface area contributed by atoms with Gasteiger partial charge in [-0.15, -0.1) is 0 Å². The highest BCUT2D eigenvalue weighted by molar-refractivity contribution is 5.38. The van der Waals surface area contributed by atoms with E-state index in [0.29, 0.717) is 30.1 Å². The lowest BCUT2D eigenvalue weighted by Gasteiger charge is -2.44. The van der Waals surface area contributed by atoms with E-state index in [1.165, 1.54) is 38.5 Å². The van der Waals surface area contributed by atoms with Gasteiger partial charge in [0.25, 0.3) is 0 Å². The Bertz CT molecular complexity index is 683. The Morgan fingerprint density at radius 2 is 1.97 bits per heavy atom. The molecule has 0 spiro atoms. The molecule has 0 aromatic heterocycles. The lowest BCUT2D eigenvalue weighted by atomic mass is 9.60. The van der Waals surface area contributed by atoms with Crippen LogP contribution >= 0.6 is 0 Å². The van der Waals surface area contributed by atoms with E-state index in [0.717, 1.165) is 29.9 Å². The summed E-state index contributed by atoms with van der Waals surface area (Å²) in [5.41, 5.74) is 3.17. The highest BCUT2D eigenvalue weighted by Crippen LogP contribution is 2.60. The summed E-state index contributed by atoms with van der Waals surface area (Å²) in [6.45, 7) is 12.8. The Hall–Kier alpha value is -0.900. The summed E-state index contributed by atoms with van der Waals surface area (Å²) in [6.07, 6.45) is 13.9. The molecule has 30 heavy (non-hydrogen) atoms. The second-order valence-corrected chi connectivity index (χ2v) is 11.3. The number of fused-ring (bicyclic) bond motifs is 1. The Morgan fingerprint density at radius 1 is 1.23 bits per heavy atom. The van der Waals surface area contributed by atoms with Crippen molar-refractivity contribution < 1.29 is 15.3 Å². The summed E-state index contributed by atoms with van der Waals surface area (Å²) in [4.78, 5) is 0. The van der Waals surface area contributed by atoms with Gasteiger partial charge < -0.3 is 15.3 Å². The van der Waals surface area contributed by atoms with E-state index in [1.807, 2.05) is 13.8 Å². The van der Waals surface area contributed by atoms with Crippen LogP contribution < -0.4 is 0 Å². The van der Waals surface area contributed by atoms with Crippen molar-refractivity contribution in [2.75, 3.05) is 0 Å². The first-order valence-corrected chi connectivity index (χ1v) is 12.2. The molecule has 0 radical (unpaired) electrons. The normalized spacial score (nSPS) is 38.8. The SMILES string of the molecule is C=C1/C(=C\C=C2/CCCC3(C)C2CCC3C(C)CCCC(C)(C)O)CC(O)C[C@@H]1O. The summed E-state index contributed by atoms with van der Waals surface area (Å²) in [5.74, 6) is 2.11. The van der Waals surface area contributed by atoms with Crippen molar-refractivity contribution in [1.82, 2.24) is 0 Å². The predicted octanol–water partition coefficient (Wildman–Crippen LogP) is 5.70. The van der Waals surface area contributed by atoms with Gasteiger partial charge in [0.2, 0.25) is 0 Å². The Balaban J connectivity index is 1.70. The van der Waals surface area contributed by atoms with Gasteiger partial charge in [-0.2, -0.15) is 0 Å². The van der Waals surface area contributed by atoms with Crippen molar-refractivity contribution in [3.63, 3.8) is 0 Å². The zero-order chi connectivity index (χ0) is 22.1. The van der Waals surface area contributed by atoms with Gasteiger partial charge >= 0.3 is 0 Å². The molecule has 0 heterocycles. The molecular weight excluding hydrogens is 372 g/mol. The van der Waals surface area contributed by atoms with Gasteiger partial charge in [-0.1, -0.05) is 51.0 Å². The zero-order valence-corrected chi connectivity index (χ0v) is 19.7. The van der Waals surface area contributed by atoms with E-state index < -0.39 is 17.8 Å². The minimum atomic E-state index is -0.615. The van der Waals surface area contributed by atoms with Crippen LogP contribution in [0.1, 0.15) is 91.9 Å². The van der Waals surface area contributed by atoms with Crippen molar-refractivity contribution in [3.8, 4) is 0 Å². The van der Waals surface area contributed by atoms with Gasteiger partial charge in [-0.25, -0.2) is 0 Å². The van der Waals surface area contributed by atoms with Crippen LogP contribution in [-0.4, -0.2) is 33.1 Å². The smallest absolute Gasteiger partial charge is 0.0811 e. The van der Waals surface area contributed by atoms with E-state index in [4.69, 9.17) is 0 Å². The molecule has 0 aromatic rings. The molecule has 3 saturated carbocycles. The summed E-state index contributed by atoms with van der Waals surface area (Å²) in [6, 6.07) is 0. The molecule has 3 fully saturated rings. The first-order chi connectivity index (χ1) is 14.0. The average molecular weight is 417 g/mol. The summed E-state index contributed by atoms with van der Waals surface area (Å²) in [7, 11) is 0. The van der Waals surface area contributed by atoms with Crippen LogP contribution in [0.2, 0.25) is 0 Å². The molecule has 0 saturated heterocycles. The Morgan fingerprint density at radius 3 is 2.67 bits per heavy atom. The molecule has 0 aromatic carbocycles. The third-order valence-corrected chi connectivity index (χ3v) is 8.44. The molecule has 3 rings (SSSR count). The minimum Gasteiger partial charge on any atom is -0.393 e. The predicted molar refractivity (Wildman–Crippen MR) is 124 cm³/mol. The highest BCUT2D eigenvalue weighted by Gasteiger charge is 2.50. The number of aliphatic hydroxyl groups is 3. The average Bonchev–Trinajstić information content (AvgIpc) is 3.00. The number of rotatable bonds is 6. The van der Waals surface area contributed by atoms with Crippen molar-refractivity contribution in [2.24, 2.45) is 23.2 Å². The monoisotopic (exact) mass is 416 g/mol. The lowest BCUT2D eigenvalue weighted by Crippen LogP contribution is -2.36. The molecule has 5 unspecified atom stereocenters. The maximum atomic E-state index is 10.1. The second kappa shape index (κ2) is 9.30. The van der Waals surface area contributed by atoms with Crippen LogP contribution in [0.25, 0.3) is 0 Å². The van der Waals surface area contributed by atoms with Gasteiger partial charge in [0, 0.05) is 6.42 Å². The van der Waals surface area contributed by atoms with Crippen LogP contribution in [0.4, 0.5) is 0 Å². The van der Waals surface area contributed by atoms with Crippen molar-refractivity contribution in [2.45, 2.75) is 110 Å². The van der Waals surface area contributed by atoms with E-state index in [1.54, 1.807) is 5.57 Å². The van der Waals surface area contributed by atoms with Crippen LogP contribution in [0.15, 0.2) is 35.5 Å². The molecule has 3 N–H and O–H groups in total. The number of aliphatic hydroxyl groups excluding tert-OH is 2. The Kier molecular flexibility index (Phi) is 7.37. The van der Waals surface area contributed by atoms with E-state index in [2.05, 4.69) is 32.6 Å². The molecule has 3 aliphatic rings. The molecule has 170 valence electrons. The van der Waals surface area contributed by atoms with Gasteiger partial charge in [0.15, 0.2) is 0 Å². The van der Waals surface area contributed by atoms with Crippen LogP contribution in [-0.2, 0) is 0 Å². The fourth-order valence-corrected chi connectivity index (χ4v) is 6.74. The van der Waals surface area contributed by atoms with Gasteiger partial charge in [-0.3, -0.25) is 0 Å². The molecule has 3 heteroatoms. The highest BCUT2D eigenvalue weighted by atomic mass is 16.3. The second-order valence-electron chi connectivity index (χ2n) is 11.3. The standard InChI is InChI=1S/C27H44O3/c1-18(8-6-14-26(3,4)30)23-12-13-24-20(9-7-15-27(23,24)5)10-11-21-16-22(28)17-25(29)19(21)2/h10-11,18,22-25,28-30H,2,6-9,12-17H2,1,3-5H3/b20-10+,21-11-/t18?,22?,23?,24?,25-,27?/m0/s1. The molecular formula is C27H44O3. The van der Waals surface area contributed by atoms with Crippen molar-refractivity contribution in [3.05, 3.63) is 35.5 Å². The number of hydrogen-bond acceptors (Lipinski definition) is 3. The van der Waals surface area contributed by atoms with Crippen LogP contribution in [0.5, 0.6) is 0 Å². The maximum absolute atomic E-state index is 10.1. The number of hydrogen-bond donors (Lipinski definition) is 3. The lowest BCUT2D eigenvalue weighted by molar-refractivity contribution is 0.0596. The fourth-order valence-electron chi connectivity index (χ4n) is 6.74. The number of allylic oxidation sites excluding steroid dienone is 3. The van der Waals surface area contributed by atoms with Crippen molar-refractivity contribution in [1.29, 1.82) is 0 Å². The minimum absolute atomic E-state index is 0.374. The quantitative estimate of drug-likeness (QED) is 0.520. The summed E-state index contributed by atoms with van der Waals surface area (Å²) in [5, 5.41) is 30.2. The van der Waals surface area contributed by atoms with Crippen LogP contribution in [0, 0.1) is 23.2 Å². The van der Waals surface area contributed by atoms with Crippen molar-refractivity contribution >= 4 is 0 Å². The Labute approximate surface area is 184 Å². The van der Waals surface area contributed by atoms with Gasteiger partial charge in [0.1, 0.15) is 0 Å². The molecule has 3 aliphatic carbocycles. The third kappa shape index (κ3) is 5.29. The maximum Gasteiger partial charge on any atom is 0.0811 e.